The minimum Gasteiger partial charge on any atom is -0.335 e. The number of halogens is 1. The van der Waals surface area contributed by atoms with Crippen LogP contribution < -0.4 is 10.6 Å². The number of aryl methyl sites for hydroxylation is 2. The van der Waals surface area contributed by atoms with Crippen molar-refractivity contribution in [3.63, 3.8) is 0 Å². The zero-order valence-electron chi connectivity index (χ0n) is 16.2. The van der Waals surface area contributed by atoms with Crippen LogP contribution in [0.25, 0.3) is 0 Å². The minimum absolute atomic E-state index is 0.00314. The van der Waals surface area contributed by atoms with Crippen molar-refractivity contribution in [3.8, 4) is 0 Å². The Morgan fingerprint density at radius 2 is 1.78 bits per heavy atom. The molecule has 2 aromatic rings. The molecule has 0 bridgehead atoms. The third-order valence-corrected chi connectivity index (χ3v) is 4.66. The zero-order valence-corrected chi connectivity index (χ0v) is 16.9. The van der Waals surface area contributed by atoms with Gasteiger partial charge in [-0.3, -0.25) is 9.59 Å². The smallest absolute Gasteiger partial charge is 0.243 e. The van der Waals surface area contributed by atoms with Crippen LogP contribution in [0.15, 0.2) is 42.5 Å². The highest BCUT2D eigenvalue weighted by atomic mass is 35.5. The van der Waals surface area contributed by atoms with E-state index in [9.17, 15) is 9.59 Å². The topological polar surface area (TPSA) is 61.4 Å². The number of benzene rings is 2. The molecule has 27 heavy (non-hydrogen) atoms. The van der Waals surface area contributed by atoms with E-state index in [1.165, 1.54) is 4.90 Å². The molecule has 6 heteroatoms. The van der Waals surface area contributed by atoms with Gasteiger partial charge in [-0.2, -0.15) is 0 Å². The molecule has 0 saturated heterocycles. The van der Waals surface area contributed by atoms with E-state index in [4.69, 9.17) is 11.6 Å². The van der Waals surface area contributed by atoms with Crippen molar-refractivity contribution in [1.29, 1.82) is 0 Å². The van der Waals surface area contributed by atoms with Crippen LogP contribution in [0.4, 0.5) is 5.69 Å². The molecule has 0 spiro atoms. The molecule has 0 aliphatic rings. The van der Waals surface area contributed by atoms with Crippen molar-refractivity contribution >= 4 is 29.1 Å². The number of nitrogens with zero attached hydrogens (tertiary/aromatic N) is 1. The second kappa shape index (κ2) is 9.53. The van der Waals surface area contributed by atoms with Crippen LogP contribution in [0, 0.1) is 13.8 Å². The van der Waals surface area contributed by atoms with Crippen molar-refractivity contribution in [2.24, 2.45) is 0 Å². The van der Waals surface area contributed by atoms with Crippen LogP contribution in [0.3, 0.4) is 0 Å². The lowest BCUT2D eigenvalue weighted by Gasteiger charge is -2.20. The van der Waals surface area contributed by atoms with Crippen LogP contribution >= 0.6 is 11.6 Å². The lowest BCUT2D eigenvalue weighted by Crippen LogP contribution is -2.40. The first kappa shape index (κ1) is 20.9. The van der Waals surface area contributed by atoms with Gasteiger partial charge in [0.1, 0.15) is 0 Å². The molecule has 0 heterocycles. The summed E-state index contributed by atoms with van der Waals surface area (Å²) in [5.74, 6) is -0.364. The third kappa shape index (κ3) is 6.38. The summed E-state index contributed by atoms with van der Waals surface area (Å²) in [6.45, 7) is 6.04. The molecule has 0 aromatic heterocycles. The van der Waals surface area contributed by atoms with E-state index in [-0.39, 0.29) is 30.9 Å². The number of amides is 2. The number of hydrogen-bond acceptors (Lipinski definition) is 3. The van der Waals surface area contributed by atoms with Crippen molar-refractivity contribution in [2.45, 2.75) is 26.8 Å². The Bertz CT molecular complexity index is 806. The lowest BCUT2D eigenvalue weighted by molar-refractivity contribution is -0.132. The van der Waals surface area contributed by atoms with Crippen molar-refractivity contribution in [2.75, 3.05) is 25.5 Å². The first-order valence-electron chi connectivity index (χ1n) is 8.86. The Balaban J connectivity index is 1.83. The highest BCUT2D eigenvalue weighted by Crippen LogP contribution is 2.17. The van der Waals surface area contributed by atoms with Gasteiger partial charge in [-0.05, 0) is 55.7 Å². The Labute approximate surface area is 165 Å². The van der Waals surface area contributed by atoms with Gasteiger partial charge in [-0.1, -0.05) is 35.9 Å². The highest BCUT2D eigenvalue weighted by molar-refractivity contribution is 6.30. The second-order valence-corrected chi connectivity index (χ2v) is 7.21. The van der Waals surface area contributed by atoms with E-state index in [2.05, 4.69) is 10.6 Å². The quantitative estimate of drug-likeness (QED) is 0.761. The van der Waals surface area contributed by atoms with Gasteiger partial charge in [-0.25, -0.2) is 0 Å². The molecule has 2 N–H and O–H groups in total. The first-order valence-corrected chi connectivity index (χ1v) is 9.24. The predicted octanol–water partition coefficient (Wildman–Crippen LogP) is 3.70. The van der Waals surface area contributed by atoms with Crippen molar-refractivity contribution in [1.82, 2.24) is 10.2 Å². The molecule has 1 atom stereocenters. The standard InChI is InChI=1S/C21H26ClN3O2/c1-14-5-6-15(2)19(11-14)24-20(26)13-25(4)21(27)12-23-16(3)17-7-9-18(22)10-8-17/h5-11,16,23H,12-13H2,1-4H3,(H,24,26)/t16-/m1/s1. The summed E-state index contributed by atoms with van der Waals surface area (Å²) in [7, 11) is 1.62. The molecule has 0 saturated carbocycles. The number of nitrogens with one attached hydrogen (secondary N) is 2. The fourth-order valence-corrected chi connectivity index (χ4v) is 2.73. The van der Waals surface area contributed by atoms with Gasteiger partial charge in [-0.15, -0.1) is 0 Å². The number of carbonyl (C=O) groups is 2. The zero-order chi connectivity index (χ0) is 20.0. The van der Waals surface area contributed by atoms with E-state index in [1.807, 2.05) is 63.2 Å². The maximum atomic E-state index is 12.3. The molecule has 2 rings (SSSR count). The average Bonchev–Trinajstić information content (AvgIpc) is 2.62. The summed E-state index contributed by atoms with van der Waals surface area (Å²) in [5, 5.41) is 6.72. The van der Waals surface area contributed by atoms with Gasteiger partial charge >= 0.3 is 0 Å². The molecule has 5 nitrogen and oxygen atoms in total. The summed E-state index contributed by atoms with van der Waals surface area (Å²) in [4.78, 5) is 26.0. The Hall–Kier alpha value is -2.37. The molecule has 2 aromatic carbocycles. The lowest BCUT2D eigenvalue weighted by atomic mass is 10.1. The van der Waals surface area contributed by atoms with Gasteiger partial charge < -0.3 is 15.5 Å². The maximum absolute atomic E-state index is 12.3. The van der Waals surface area contributed by atoms with Gasteiger partial charge in [0.15, 0.2) is 0 Å². The van der Waals surface area contributed by atoms with E-state index >= 15 is 0 Å². The Kier molecular flexibility index (Phi) is 7.39. The number of hydrogen-bond donors (Lipinski definition) is 2. The SMILES string of the molecule is Cc1ccc(C)c(NC(=O)CN(C)C(=O)CN[C@H](C)c2ccc(Cl)cc2)c1. The molecule has 144 valence electrons. The Morgan fingerprint density at radius 1 is 1.11 bits per heavy atom. The summed E-state index contributed by atoms with van der Waals surface area (Å²) in [6, 6.07) is 13.4. The largest absolute Gasteiger partial charge is 0.335 e. The first-order chi connectivity index (χ1) is 12.8. The van der Waals surface area contributed by atoms with E-state index in [0.717, 1.165) is 22.4 Å². The maximum Gasteiger partial charge on any atom is 0.243 e. The molecular formula is C21H26ClN3O2. The minimum atomic E-state index is -0.217. The molecule has 0 unspecified atom stereocenters. The summed E-state index contributed by atoms with van der Waals surface area (Å²) in [5.41, 5.74) is 3.87. The third-order valence-electron chi connectivity index (χ3n) is 4.40. The average molecular weight is 388 g/mol. The Morgan fingerprint density at radius 3 is 2.44 bits per heavy atom. The summed E-state index contributed by atoms with van der Waals surface area (Å²) in [6.07, 6.45) is 0. The van der Waals surface area contributed by atoms with Crippen LogP contribution in [-0.2, 0) is 9.59 Å². The number of carbonyl (C=O) groups excluding carboxylic acids is 2. The van der Waals surface area contributed by atoms with Gasteiger partial charge in [0, 0.05) is 23.8 Å². The van der Waals surface area contributed by atoms with E-state index in [1.54, 1.807) is 7.05 Å². The molecular weight excluding hydrogens is 362 g/mol. The number of likely N-dealkylation sites (N-methyl/N-ethyl adjacent to an activating group) is 1. The molecule has 0 aliphatic carbocycles. The van der Waals surface area contributed by atoms with Gasteiger partial charge in [0.2, 0.25) is 11.8 Å². The van der Waals surface area contributed by atoms with E-state index < -0.39 is 0 Å². The number of rotatable bonds is 7. The van der Waals surface area contributed by atoms with Gasteiger partial charge in [0.25, 0.3) is 0 Å². The summed E-state index contributed by atoms with van der Waals surface area (Å²) >= 11 is 5.89. The highest BCUT2D eigenvalue weighted by Gasteiger charge is 2.15. The van der Waals surface area contributed by atoms with Crippen molar-refractivity contribution < 1.29 is 9.59 Å². The molecule has 0 radical (unpaired) electrons. The van der Waals surface area contributed by atoms with Crippen molar-refractivity contribution in [3.05, 3.63) is 64.2 Å². The normalized spacial score (nSPS) is 11.7. The van der Waals surface area contributed by atoms with Gasteiger partial charge in [0.05, 0.1) is 13.1 Å². The fourth-order valence-electron chi connectivity index (χ4n) is 2.61. The predicted molar refractivity (Wildman–Crippen MR) is 110 cm³/mol. The van der Waals surface area contributed by atoms with Crippen LogP contribution in [0.2, 0.25) is 5.02 Å². The summed E-state index contributed by atoms with van der Waals surface area (Å²) < 4.78 is 0. The fraction of sp³-hybridized carbons (Fsp3) is 0.333. The van der Waals surface area contributed by atoms with Crippen LogP contribution in [0.5, 0.6) is 0 Å². The monoisotopic (exact) mass is 387 g/mol. The molecule has 0 fully saturated rings. The van der Waals surface area contributed by atoms with Crippen LogP contribution in [-0.4, -0.2) is 36.9 Å². The second-order valence-electron chi connectivity index (χ2n) is 6.77. The number of anilines is 1. The van der Waals surface area contributed by atoms with Crippen LogP contribution in [0.1, 0.15) is 29.7 Å². The van der Waals surface area contributed by atoms with E-state index in [0.29, 0.717) is 5.02 Å². The molecule has 0 aliphatic heterocycles. The molecule has 2 amide bonds.